The van der Waals surface area contributed by atoms with Crippen molar-refractivity contribution in [1.82, 2.24) is 15.1 Å². The minimum atomic E-state index is -4.35. The van der Waals surface area contributed by atoms with Crippen molar-refractivity contribution in [2.24, 2.45) is 12.8 Å². The van der Waals surface area contributed by atoms with Crippen LogP contribution < -0.4 is 19.7 Å². The molecule has 1 unspecified atom stereocenters. The lowest BCUT2D eigenvalue weighted by Crippen LogP contribution is -2.56. The van der Waals surface area contributed by atoms with Crippen molar-refractivity contribution in [3.63, 3.8) is 0 Å². The average Bonchev–Trinajstić information content (AvgIpc) is 3.27. The van der Waals surface area contributed by atoms with Gasteiger partial charge in [0.15, 0.2) is 0 Å². The second-order valence-corrected chi connectivity index (χ2v) is 8.57. The molecule has 12 heteroatoms. The Morgan fingerprint density at radius 3 is 2.69 bits per heavy atom. The van der Waals surface area contributed by atoms with Crippen LogP contribution in [0.3, 0.4) is 0 Å². The molecule has 26 heavy (non-hydrogen) atoms. The Kier molecular flexibility index (Phi) is 4.92. The molecule has 1 atom stereocenters. The van der Waals surface area contributed by atoms with Crippen molar-refractivity contribution >= 4 is 39.0 Å². The number of nitrogens with zero attached hydrogens (tertiary/aromatic N) is 4. The van der Waals surface area contributed by atoms with Gasteiger partial charge in [0.25, 0.3) is 0 Å². The number of carbonyl (C=O) groups excluding carboxylic acids is 1. The van der Waals surface area contributed by atoms with E-state index >= 15 is 0 Å². The molecule has 2 aromatic heterocycles. The third kappa shape index (κ3) is 3.16. The number of ether oxygens (including phenoxy) is 1. The summed E-state index contributed by atoms with van der Waals surface area (Å²) in [5.74, 6) is 0. The molecule has 2 aromatic rings. The zero-order chi connectivity index (χ0) is 19.1. The Balaban J connectivity index is 2.15. The fraction of sp³-hybridized carbons (Fsp3) is 0.429. The number of thiophene rings is 1. The summed E-state index contributed by atoms with van der Waals surface area (Å²) in [6.45, 7) is 3.80. The second kappa shape index (κ2) is 6.87. The molecule has 3 heterocycles. The van der Waals surface area contributed by atoms with Crippen molar-refractivity contribution in [2.45, 2.75) is 20.0 Å². The highest BCUT2D eigenvalue weighted by atomic mass is 32.2. The van der Waals surface area contributed by atoms with Crippen LogP contribution in [0.2, 0.25) is 0 Å². The molecule has 10 nitrogen and oxygen atoms in total. The molecule has 3 rings (SSSR count). The SMILES string of the molecule is Cc1csc(C)c1N(C(N)=O)S(=O)(=O)N(c1cnn(C)c1)C1COCN1. The van der Waals surface area contributed by atoms with Gasteiger partial charge in [0, 0.05) is 18.1 Å². The predicted molar refractivity (Wildman–Crippen MR) is 98.2 cm³/mol. The van der Waals surface area contributed by atoms with Crippen LogP contribution in [-0.2, 0) is 22.0 Å². The Bertz CT molecular complexity index is 896. The molecular formula is C14H20N6O4S2. The fourth-order valence-corrected chi connectivity index (χ4v) is 5.45. The number of hydrogen-bond acceptors (Lipinski definition) is 7. The van der Waals surface area contributed by atoms with E-state index in [1.54, 1.807) is 32.5 Å². The molecule has 142 valence electrons. The Morgan fingerprint density at radius 2 is 2.23 bits per heavy atom. The number of aromatic nitrogens is 2. The number of rotatable bonds is 5. The van der Waals surface area contributed by atoms with Crippen LogP contribution in [0.15, 0.2) is 17.8 Å². The van der Waals surface area contributed by atoms with E-state index in [2.05, 4.69) is 10.4 Å². The molecule has 0 aromatic carbocycles. The quantitative estimate of drug-likeness (QED) is 0.759. The Labute approximate surface area is 155 Å². The van der Waals surface area contributed by atoms with Crippen LogP contribution in [0.4, 0.5) is 16.2 Å². The van der Waals surface area contributed by atoms with Gasteiger partial charge in [-0.2, -0.15) is 17.8 Å². The summed E-state index contributed by atoms with van der Waals surface area (Å²) in [5, 5.41) is 8.76. The molecule has 0 saturated carbocycles. The van der Waals surface area contributed by atoms with Gasteiger partial charge >= 0.3 is 16.2 Å². The monoisotopic (exact) mass is 400 g/mol. The normalized spacial score (nSPS) is 17.4. The van der Waals surface area contributed by atoms with E-state index in [1.807, 2.05) is 0 Å². The van der Waals surface area contributed by atoms with Crippen molar-refractivity contribution in [3.05, 3.63) is 28.2 Å². The Morgan fingerprint density at radius 1 is 1.50 bits per heavy atom. The number of primary amides is 1. The molecular weight excluding hydrogens is 380 g/mol. The third-order valence-electron chi connectivity index (χ3n) is 3.93. The lowest BCUT2D eigenvalue weighted by Gasteiger charge is -2.33. The molecule has 3 N–H and O–H groups in total. The standard InChI is InChI=1S/C14H20N6O4S2/c1-9-7-25-10(2)13(9)20(14(15)21)26(22,23)19(12-6-24-8-16-12)11-4-17-18(3)5-11/h4-5,7,12,16H,6,8H2,1-3H3,(H2,15,21). The van der Waals surface area contributed by atoms with Crippen LogP contribution in [0.1, 0.15) is 10.4 Å². The first-order chi connectivity index (χ1) is 12.2. The van der Waals surface area contributed by atoms with E-state index in [4.69, 9.17) is 10.5 Å². The van der Waals surface area contributed by atoms with E-state index in [1.165, 1.54) is 22.2 Å². The highest BCUT2D eigenvalue weighted by Gasteiger charge is 2.41. The van der Waals surface area contributed by atoms with Crippen molar-refractivity contribution in [2.75, 3.05) is 21.9 Å². The van der Waals surface area contributed by atoms with Gasteiger partial charge in [0.05, 0.1) is 30.9 Å². The van der Waals surface area contributed by atoms with Gasteiger partial charge in [0.2, 0.25) is 0 Å². The maximum atomic E-state index is 13.5. The van der Waals surface area contributed by atoms with E-state index in [9.17, 15) is 13.2 Å². The number of anilines is 2. The van der Waals surface area contributed by atoms with E-state index < -0.39 is 22.4 Å². The summed E-state index contributed by atoms with van der Waals surface area (Å²) in [7, 11) is -2.68. The summed E-state index contributed by atoms with van der Waals surface area (Å²) in [4.78, 5) is 12.9. The number of amides is 2. The minimum absolute atomic E-state index is 0.127. The second-order valence-electron chi connectivity index (χ2n) is 5.84. The van der Waals surface area contributed by atoms with Crippen molar-refractivity contribution < 1.29 is 17.9 Å². The summed E-state index contributed by atoms with van der Waals surface area (Å²) < 4.78 is 35.4. The average molecular weight is 400 g/mol. The molecule has 1 aliphatic heterocycles. The predicted octanol–water partition coefficient (Wildman–Crippen LogP) is 0.638. The molecule has 0 aliphatic carbocycles. The highest BCUT2D eigenvalue weighted by molar-refractivity contribution is 7.95. The first-order valence-corrected chi connectivity index (χ1v) is 9.99. The zero-order valence-electron chi connectivity index (χ0n) is 14.5. The summed E-state index contributed by atoms with van der Waals surface area (Å²) in [6.07, 6.45) is 2.26. The van der Waals surface area contributed by atoms with E-state index in [-0.39, 0.29) is 19.0 Å². The fourth-order valence-electron chi connectivity index (χ4n) is 2.83. The number of hydrogen-bond donors (Lipinski definition) is 2. The van der Waals surface area contributed by atoms with Gasteiger partial charge in [-0.1, -0.05) is 0 Å². The first-order valence-electron chi connectivity index (χ1n) is 7.72. The lowest BCUT2D eigenvalue weighted by molar-refractivity contribution is 0.190. The van der Waals surface area contributed by atoms with Crippen LogP contribution in [0.5, 0.6) is 0 Å². The van der Waals surface area contributed by atoms with Gasteiger partial charge in [-0.05, 0) is 24.8 Å². The van der Waals surface area contributed by atoms with Crippen molar-refractivity contribution in [3.8, 4) is 0 Å². The molecule has 0 radical (unpaired) electrons. The van der Waals surface area contributed by atoms with Gasteiger partial charge in [-0.15, -0.1) is 11.3 Å². The molecule has 0 bridgehead atoms. The van der Waals surface area contributed by atoms with Crippen LogP contribution in [-0.4, -0.2) is 43.7 Å². The van der Waals surface area contributed by atoms with E-state index in [0.717, 1.165) is 4.31 Å². The lowest BCUT2D eigenvalue weighted by atomic mass is 10.3. The number of nitrogens with one attached hydrogen (secondary N) is 1. The molecule has 1 saturated heterocycles. The number of aryl methyl sites for hydroxylation is 3. The summed E-state index contributed by atoms with van der Waals surface area (Å²) in [6, 6.07) is -1.08. The number of nitrogens with two attached hydrogens (primary N) is 1. The molecule has 0 spiro atoms. The summed E-state index contributed by atoms with van der Waals surface area (Å²) >= 11 is 1.35. The van der Waals surface area contributed by atoms with Crippen LogP contribution >= 0.6 is 11.3 Å². The van der Waals surface area contributed by atoms with Gasteiger partial charge < -0.3 is 10.5 Å². The topological polar surface area (TPSA) is 123 Å². The first kappa shape index (κ1) is 18.6. The molecule has 1 fully saturated rings. The minimum Gasteiger partial charge on any atom is -0.363 e. The van der Waals surface area contributed by atoms with Gasteiger partial charge in [-0.3, -0.25) is 10.00 Å². The van der Waals surface area contributed by atoms with E-state index in [0.29, 0.717) is 20.4 Å². The number of carbonyl (C=O) groups is 1. The highest BCUT2D eigenvalue weighted by Crippen LogP contribution is 2.34. The van der Waals surface area contributed by atoms with Crippen LogP contribution in [0, 0.1) is 13.8 Å². The number of urea groups is 1. The molecule has 1 aliphatic rings. The summed E-state index contributed by atoms with van der Waals surface area (Å²) in [5.41, 5.74) is 6.71. The molecule has 2 amide bonds. The maximum Gasteiger partial charge on any atom is 0.336 e. The van der Waals surface area contributed by atoms with Crippen LogP contribution in [0.25, 0.3) is 0 Å². The largest absolute Gasteiger partial charge is 0.363 e. The third-order valence-corrected chi connectivity index (χ3v) is 6.73. The van der Waals surface area contributed by atoms with Gasteiger partial charge in [-0.25, -0.2) is 9.10 Å². The zero-order valence-corrected chi connectivity index (χ0v) is 16.2. The Hall–Kier alpha value is -2.15. The van der Waals surface area contributed by atoms with Gasteiger partial charge in [0.1, 0.15) is 6.17 Å². The maximum absolute atomic E-state index is 13.5. The smallest absolute Gasteiger partial charge is 0.336 e. The van der Waals surface area contributed by atoms with Crippen molar-refractivity contribution in [1.29, 1.82) is 0 Å².